The summed E-state index contributed by atoms with van der Waals surface area (Å²) in [4.78, 5) is 39.0. The van der Waals surface area contributed by atoms with Crippen LogP contribution in [0.2, 0.25) is 0 Å². The number of piperidine rings is 2. The first-order valence-corrected chi connectivity index (χ1v) is 36.0. The number of carbonyl (C=O) groups excluding carboxylic acids is 2. The predicted molar refractivity (Wildman–Crippen MR) is 324 cm³/mol. The molecule has 3 N–H and O–H groups in total. The Morgan fingerprint density at radius 3 is 2.39 bits per heavy atom. The number of carbonyl (C=O) groups is 2. The molecule has 0 radical (unpaired) electrons. The van der Waals surface area contributed by atoms with E-state index in [1.807, 2.05) is 0 Å². The fourth-order valence-corrected chi connectivity index (χ4v) is 28.6. The second-order valence-electron chi connectivity index (χ2n) is 32.9. The third kappa shape index (κ3) is 6.24. The molecule has 18 aliphatic rings. The van der Waals surface area contributed by atoms with Gasteiger partial charge in [-0.1, -0.05) is 124 Å². The summed E-state index contributed by atoms with van der Waals surface area (Å²) in [5, 5.41) is 14.4. The second kappa shape index (κ2) is 18.4. The molecule has 10 fully saturated rings. The summed E-state index contributed by atoms with van der Waals surface area (Å²) in [6.45, 7) is 2.75. The Labute approximate surface area is 501 Å². The lowest BCUT2D eigenvalue weighted by atomic mass is 9.27. The van der Waals surface area contributed by atoms with E-state index < -0.39 is 16.4 Å². The number of nitrogens with two attached hydrogens (primary N) is 1. The minimum Gasteiger partial charge on any atom is -0.509 e. The summed E-state index contributed by atoms with van der Waals surface area (Å²) < 4.78 is 15.1. The predicted octanol–water partition coefficient (Wildman–Crippen LogP) is 15.1. The van der Waals surface area contributed by atoms with Gasteiger partial charge in [0.2, 0.25) is 0 Å². The van der Waals surface area contributed by atoms with Crippen molar-refractivity contribution in [1.82, 2.24) is 9.80 Å². The second-order valence-corrected chi connectivity index (χ2v) is 32.9. The summed E-state index contributed by atoms with van der Waals surface area (Å²) in [5.74, 6) is 13.7. The van der Waals surface area contributed by atoms with Crippen LogP contribution in [-0.2, 0) is 26.3 Å². The number of aliphatic hydroxyl groups is 1. The van der Waals surface area contributed by atoms with E-state index in [1.54, 1.807) is 16.8 Å². The Morgan fingerprint density at radius 1 is 0.726 bits per heavy atom. The Hall–Kier alpha value is -3.80. The molecule has 18 atom stereocenters. The highest BCUT2D eigenvalue weighted by Crippen LogP contribution is 2.89. The molecule has 11 aliphatic carbocycles. The van der Waals surface area contributed by atoms with Gasteiger partial charge in [0, 0.05) is 73.1 Å². The van der Waals surface area contributed by atoms with E-state index in [-0.39, 0.29) is 47.1 Å². The van der Waals surface area contributed by atoms with E-state index in [2.05, 4.69) is 52.0 Å². The molecule has 10 bridgehead atoms. The van der Waals surface area contributed by atoms with Gasteiger partial charge in [-0.2, -0.15) is 0 Å². The van der Waals surface area contributed by atoms with Gasteiger partial charge in [0.05, 0.1) is 11.0 Å². The molecule has 0 amide bonds. The number of ether oxygens (including phenoxy) is 2. The van der Waals surface area contributed by atoms with Crippen LogP contribution < -0.4 is 5.73 Å². The lowest BCUT2D eigenvalue weighted by Gasteiger charge is -2.73. The summed E-state index contributed by atoms with van der Waals surface area (Å²) in [6, 6.07) is 7.50. The zero-order valence-corrected chi connectivity index (χ0v) is 50.8. The van der Waals surface area contributed by atoms with Crippen molar-refractivity contribution < 1.29 is 24.2 Å². The fourth-order valence-electron chi connectivity index (χ4n) is 28.6. The van der Waals surface area contributed by atoms with Crippen molar-refractivity contribution in [3.05, 3.63) is 81.0 Å². The molecule has 1 aromatic carbocycles. The van der Waals surface area contributed by atoms with E-state index in [0.29, 0.717) is 107 Å². The number of hydrogen-bond acceptors (Lipinski definition) is 8. The van der Waals surface area contributed by atoms with Gasteiger partial charge in [0.1, 0.15) is 11.2 Å². The first-order chi connectivity index (χ1) is 41.2. The maximum atomic E-state index is 17.1. The number of allylic oxidation sites excluding steroid dienone is 4. The largest absolute Gasteiger partial charge is 0.509 e. The van der Waals surface area contributed by atoms with Gasteiger partial charge in [-0.05, 0) is 216 Å². The number of esters is 2. The van der Waals surface area contributed by atoms with Gasteiger partial charge in [0.25, 0.3) is 0 Å². The molecule has 19 rings (SSSR count). The van der Waals surface area contributed by atoms with Crippen molar-refractivity contribution in [1.29, 1.82) is 0 Å². The number of benzene rings is 1. The molecule has 0 unspecified atom stereocenters. The van der Waals surface area contributed by atoms with Crippen molar-refractivity contribution >= 4 is 11.9 Å². The molecule has 8 heteroatoms. The van der Waals surface area contributed by atoms with Gasteiger partial charge in [-0.25, -0.2) is 4.79 Å². The Bertz CT molecular complexity index is 3190. The lowest BCUT2D eigenvalue weighted by molar-refractivity contribution is -0.282. The Kier molecular flexibility index (Phi) is 11.4. The van der Waals surface area contributed by atoms with Crippen LogP contribution in [0.25, 0.3) is 0 Å². The van der Waals surface area contributed by atoms with Crippen molar-refractivity contribution in [2.45, 2.75) is 242 Å². The highest BCUT2D eigenvalue weighted by Gasteiger charge is 2.94. The topological polar surface area (TPSA) is 105 Å². The lowest BCUT2D eigenvalue weighted by Crippen LogP contribution is -2.78. The number of nitrogens with zero attached hydrogens (tertiary/aromatic N) is 2. The quantitative estimate of drug-likeness (QED) is 0.171. The van der Waals surface area contributed by atoms with E-state index >= 15 is 9.59 Å². The minimum atomic E-state index is -1.16. The van der Waals surface area contributed by atoms with Crippen LogP contribution in [0.1, 0.15) is 233 Å². The van der Waals surface area contributed by atoms with Crippen LogP contribution in [0.5, 0.6) is 0 Å². The summed E-state index contributed by atoms with van der Waals surface area (Å²) in [7, 11) is 0. The average Bonchev–Trinajstić information content (AvgIpc) is 1.30. The van der Waals surface area contributed by atoms with E-state index in [9.17, 15) is 5.11 Å². The van der Waals surface area contributed by atoms with E-state index in [1.165, 1.54) is 173 Å². The van der Waals surface area contributed by atoms with Gasteiger partial charge in [-0.3, -0.25) is 9.69 Å². The molecule has 8 nitrogen and oxygen atoms in total. The number of hydrogen-bond donors (Lipinski definition) is 2. The van der Waals surface area contributed by atoms with Crippen LogP contribution in [0.15, 0.2) is 64.3 Å². The Balaban J connectivity index is 0.884. The molecule has 3 saturated heterocycles. The van der Waals surface area contributed by atoms with E-state index in [0.717, 1.165) is 62.2 Å². The SMILES string of the molecule is NCCCc1cccc2c1C(=O)O[C@@]21[C@H]2C[C@H](C3CCCCC3)/C=C\[C@@H]3C[C@@H]4[C@@H]5C6=C3[C@@]23C(=O)O/C(=C(/O)C[C@H]2[C@@H]7CC8(CCCC8)[C@]8(CCC[C@]89CCC[C@@H]9C#CC[C@@H]8[C@@H]9C[C@H](CN82)[C@H]2CCC(=C5N2C9)C[C@H]4C2CCCCC2)C7)[C@]31CC6. The first-order valence-electron chi connectivity index (χ1n) is 36.0. The molecule has 0 aromatic heterocycles. The Morgan fingerprint density at radius 2 is 1.55 bits per heavy atom. The standard InChI is InChI=1S/C76H97N3O5/c77-35-12-19-47-18-9-22-58-64(47)69(81)84-76(58)63-39-48(45-14-3-1-4-15-45)24-25-49-37-57-56(46-16-5-2-6-17-46)38-50-26-27-60-51-36-52-44-79(60)67(50)65(57)55-28-34-74(76)68(83-70(82)75(63,74)66(49)55)62(80)40-61-53-41-71(29-7-8-30-71)73(42-53)33-13-32-72(73)31-11-21-54(72)20-10-23-59(52)78(61)43-51/h9,18,22,24-25,45-46,48-49,51-54,56-57,59-61,63,65,80H,1-8,11-17,19,21,23,26-44,77H2/b25-24-,68-62+/t48-,49-,51-,52-,53-,54+,56+,57+,59-,60-,61+,63+,65+,72+,73+,74-,75-,76-/m1/s1. The number of fused-ring (bicyclic) bond motifs is 8. The molecule has 1 aromatic rings. The monoisotopic (exact) mass is 1130 g/mol. The number of aryl methyl sites for hydroxylation is 1. The maximum absolute atomic E-state index is 17.1. The van der Waals surface area contributed by atoms with Crippen molar-refractivity contribution in [3.8, 4) is 11.8 Å². The van der Waals surface area contributed by atoms with Crippen LogP contribution in [0.3, 0.4) is 0 Å². The molecule has 6 spiro atoms. The van der Waals surface area contributed by atoms with Crippen molar-refractivity contribution in [2.75, 3.05) is 19.6 Å². The van der Waals surface area contributed by atoms with Gasteiger partial charge in [-0.15, -0.1) is 5.92 Å². The summed E-state index contributed by atoms with van der Waals surface area (Å²) in [5.41, 5.74) is 13.1. The fraction of sp³-hybridized carbons (Fsp3) is 0.763. The van der Waals surface area contributed by atoms with Gasteiger partial charge in [0.15, 0.2) is 11.4 Å². The van der Waals surface area contributed by atoms with Crippen molar-refractivity contribution in [2.24, 2.45) is 104 Å². The molecule has 7 heterocycles. The highest BCUT2D eigenvalue weighted by molar-refractivity contribution is 6.00. The summed E-state index contributed by atoms with van der Waals surface area (Å²) >= 11 is 0. The first kappa shape index (κ1) is 52.2. The molecule has 446 valence electrons. The smallest absolute Gasteiger partial charge is 0.339 e. The zero-order chi connectivity index (χ0) is 55.7. The van der Waals surface area contributed by atoms with Crippen LogP contribution in [0.4, 0.5) is 0 Å². The number of rotatable bonds is 5. The molecule has 84 heavy (non-hydrogen) atoms. The van der Waals surface area contributed by atoms with Gasteiger partial charge >= 0.3 is 11.9 Å². The van der Waals surface area contributed by atoms with Crippen molar-refractivity contribution in [3.63, 3.8) is 0 Å². The molecule has 7 aliphatic heterocycles. The normalized spacial score (nSPS) is 48.4. The van der Waals surface area contributed by atoms with Crippen LogP contribution in [0, 0.1) is 110 Å². The molecule has 7 saturated carbocycles. The minimum absolute atomic E-state index is 0.0988. The molecular weight excluding hydrogens is 1030 g/mol. The number of aliphatic hydroxyl groups excluding tert-OH is 1. The molecular formula is C76H97N3O5. The third-order valence-corrected chi connectivity index (χ3v) is 30.9. The zero-order valence-electron chi connectivity index (χ0n) is 50.8. The summed E-state index contributed by atoms with van der Waals surface area (Å²) in [6.07, 6.45) is 45.7. The maximum Gasteiger partial charge on any atom is 0.339 e. The van der Waals surface area contributed by atoms with Crippen LogP contribution in [-0.4, -0.2) is 64.6 Å². The highest BCUT2D eigenvalue weighted by atomic mass is 16.6. The van der Waals surface area contributed by atoms with E-state index in [4.69, 9.17) is 15.2 Å². The third-order valence-electron chi connectivity index (χ3n) is 30.9. The van der Waals surface area contributed by atoms with Gasteiger partial charge < -0.3 is 25.2 Å². The van der Waals surface area contributed by atoms with Crippen LogP contribution >= 0.6 is 0 Å². The average molecular weight is 1130 g/mol.